The third-order valence-electron chi connectivity index (χ3n) is 4.40. The maximum Gasteiger partial charge on any atom is 0.157 e. The van der Waals surface area contributed by atoms with Crippen molar-refractivity contribution in [2.75, 3.05) is 85.9 Å². The van der Waals surface area contributed by atoms with Crippen LogP contribution in [0.3, 0.4) is 0 Å². The van der Waals surface area contributed by atoms with Crippen LogP contribution in [0, 0.1) is 0 Å². The summed E-state index contributed by atoms with van der Waals surface area (Å²) in [6.45, 7) is 7.32. The molecule has 2 rings (SSSR count). The second kappa shape index (κ2) is 19.4. The van der Waals surface area contributed by atoms with Crippen LogP contribution in [0.15, 0.2) is 30.3 Å². The van der Waals surface area contributed by atoms with E-state index in [0.717, 1.165) is 25.2 Å². The van der Waals surface area contributed by atoms with Crippen LogP contribution in [0.2, 0.25) is 0 Å². The number of hydrogen-bond acceptors (Lipinski definition) is 8. The lowest BCUT2D eigenvalue weighted by atomic mass is 10.2. The van der Waals surface area contributed by atoms with Crippen molar-refractivity contribution in [3.63, 3.8) is 0 Å². The number of benzene rings is 1. The van der Waals surface area contributed by atoms with E-state index in [1.165, 1.54) is 6.42 Å². The van der Waals surface area contributed by atoms with E-state index >= 15 is 0 Å². The van der Waals surface area contributed by atoms with Gasteiger partial charge < -0.3 is 37.9 Å². The zero-order valence-corrected chi connectivity index (χ0v) is 18.5. The average molecular weight is 443 g/mol. The van der Waals surface area contributed by atoms with E-state index in [9.17, 15) is 0 Å². The molecule has 1 aliphatic rings. The molecule has 31 heavy (non-hydrogen) atoms. The highest BCUT2D eigenvalue weighted by Crippen LogP contribution is 2.13. The zero-order valence-electron chi connectivity index (χ0n) is 18.5. The van der Waals surface area contributed by atoms with Gasteiger partial charge in [0.2, 0.25) is 0 Å². The fraction of sp³-hybridized carbons (Fsp3) is 0.739. The molecule has 1 saturated heterocycles. The molecule has 1 aliphatic heterocycles. The van der Waals surface area contributed by atoms with Gasteiger partial charge in [-0.15, -0.1) is 0 Å². The highest BCUT2D eigenvalue weighted by molar-refractivity contribution is 5.20. The minimum absolute atomic E-state index is 0.0539. The summed E-state index contributed by atoms with van der Waals surface area (Å²) < 4.78 is 43.9. The van der Waals surface area contributed by atoms with Crippen molar-refractivity contribution in [2.24, 2.45) is 0 Å². The van der Waals surface area contributed by atoms with Crippen LogP contribution in [0.5, 0.6) is 5.75 Å². The molecule has 0 amide bonds. The van der Waals surface area contributed by atoms with Crippen molar-refractivity contribution < 1.29 is 37.9 Å². The first-order chi connectivity index (χ1) is 15.4. The van der Waals surface area contributed by atoms with Crippen LogP contribution in [-0.2, 0) is 33.2 Å². The molecule has 1 aromatic rings. The van der Waals surface area contributed by atoms with Crippen molar-refractivity contribution in [2.45, 2.75) is 25.6 Å². The minimum atomic E-state index is -0.0539. The predicted octanol–water partition coefficient (Wildman–Crippen LogP) is 2.69. The number of para-hydroxylation sites is 1. The number of rotatable bonds is 20. The van der Waals surface area contributed by atoms with E-state index in [4.69, 9.17) is 37.9 Å². The van der Waals surface area contributed by atoms with Gasteiger partial charge in [-0.25, -0.2) is 0 Å². The first kappa shape index (κ1) is 26.0. The Hall–Kier alpha value is -1.26. The lowest BCUT2D eigenvalue weighted by Gasteiger charge is -2.22. The predicted molar refractivity (Wildman–Crippen MR) is 116 cm³/mol. The van der Waals surface area contributed by atoms with Crippen molar-refractivity contribution >= 4 is 0 Å². The largest absolute Gasteiger partial charge is 0.491 e. The molecule has 8 nitrogen and oxygen atoms in total. The van der Waals surface area contributed by atoms with Crippen molar-refractivity contribution in [1.82, 2.24) is 0 Å². The van der Waals surface area contributed by atoms with Crippen LogP contribution >= 0.6 is 0 Å². The standard InChI is InChI=1S/C23H38O8/c1-2-6-22(7-3-1)29-20-18-27-16-14-25-12-10-24-11-13-26-15-17-28-19-21-31-23-8-4-5-9-30-23/h1-3,6-7,23H,4-5,8-21H2. The summed E-state index contributed by atoms with van der Waals surface area (Å²) in [6.07, 6.45) is 3.23. The van der Waals surface area contributed by atoms with Gasteiger partial charge >= 0.3 is 0 Å². The molecule has 1 unspecified atom stereocenters. The lowest BCUT2D eigenvalue weighted by molar-refractivity contribution is -0.169. The van der Waals surface area contributed by atoms with Gasteiger partial charge in [0.05, 0.1) is 72.7 Å². The second-order valence-corrected chi connectivity index (χ2v) is 6.89. The normalized spacial score (nSPS) is 16.5. The molecular weight excluding hydrogens is 404 g/mol. The van der Waals surface area contributed by atoms with E-state index in [1.807, 2.05) is 30.3 Å². The highest BCUT2D eigenvalue weighted by Gasteiger charge is 2.13. The third-order valence-corrected chi connectivity index (χ3v) is 4.40. The van der Waals surface area contributed by atoms with Crippen molar-refractivity contribution in [3.8, 4) is 5.75 Å². The van der Waals surface area contributed by atoms with E-state index in [1.54, 1.807) is 0 Å². The molecule has 0 saturated carbocycles. The van der Waals surface area contributed by atoms with Crippen LogP contribution in [0.1, 0.15) is 19.3 Å². The Morgan fingerprint density at radius 2 is 1.13 bits per heavy atom. The van der Waals surface area contributed by atoms with Crippen LogP contribution in [0.25, 0.3) is 0 Å². The first-order valence-corrected chi connectivity index (χ1v) is 11.2. The second-order valence-electron chi connectivity index (χ2n) is 6.89. The topological polar surface area (TPSA) is 73.8 Å². The van der Waals surface area contributed by atoms with Gasteiger partial charge in [0.15, 0.2) is 6.29 Å². The maximum absolute atomic E-state index is 5.59. The molecule has 0 aromatic heterocycles. The van der Waals surface area contributed by atoms with Crippen molar-refractivity contribution in [3.05, 3.63) is 30.3 Å². The Balaban J connectivity index is 1.20. The fourth-order valence-corrected chi connectivity index (χ4v) is 2.80. The smallest absolute Gasteiger partial charge is 0.157 e. The molecule has 1 aromatic carbocycles. The summed E-state index contributed by atoms with van der Waals surface area (Å²) in [5.41, 5.74) is 0. The van der Waals surface area contributed by atoms with Gasteiger partial charge in [0, 0.05) is 6.61 Å². The molecule has 0 spiro atoms. The lowest BCUT2D eigenvalue weighted by Crippen LogP contribution is -2.24. The average Bonchev–Trinajstić information content (AvgIpc) is 2.82. The molecule has 1 atom stereocenters. The van der Waals surface area contributed by atoms with Gasteiger partial charge in [0.25, 0.3) is 0 Å². The summed E-state index contributed by atoms with van der Waals surface area (Å²) in [7, 11) is 0. The number of ether oxygens (including phenoxy) is 8. The Labute approximate surface area is 186 Å². The van der Waals surface area contributed by atoms with Gasteiger partial charge in [-0.05, 0) is 31.4 Å². The molecule has 1 fully saturated rings. The van der Waals surface area contributed by atoms with Gasteiger partial charge in [-0.1, -0.05) is 18.2 Å². The van der Waals surface area contributed by atoms with E-state index in [-0.39, 0.29) is 6.29 Å². The van der Waals surface area contributed by atoms with Crippen LogP contribution in [0.4, 0.5) is 0 Å². The molecule has 0 radical (unpaired) electrons. The summed E-state index contributed by atoms with van der Waals surface area (Å²) in [5, 5.41) is 0. The number of hydrogen-bond donors (Lipinski definition) is 0. The van der Waals surface area contributed by atoms with Gasteiger partial charge in [-0.2, -0.15) is 0 Å². The monoisotopic (exact) mass is 442 g/mol. The third kappa shape index (κ3) is 15.2. The van der Waals surface area contributed by atoms with Crippen LogP contribution < -0.4 is 4.74 Å². The minimum Gasteiger partial charge on any atom is -0.491 e. The molecule has 0 aliphatic carbocycles. The van der Waals surface area contributed by atoms with Gasteiger partial charge in [-0.3, -0.25) is 0 Å². The summed E-state index contributed by atoms with van der Waals surface area (Å²) in [5.74, 6) is 0.853. The molecule has 0 bridgehead atoms. The van der Waals surface area contributed by atoms with E-state index in [0.29, 0.717) is 79.3 Å². The van der Waals surface area contributed by atoms with Crippen molar-refractivity contribution in [1.29, 1.82) is 0 Å². The molecule has 1 heterocycles. The Morgan fingerprint density at radius 1 is 0.613 bits per heavy atom. The molecule has 178 valence electrons. The molecule has 0 N–H and O–H groups in total. The highest BCUT2D eigenvalue weighted by atomic mass is 16.7. The molecule has 8 heteroatoms. The fourth-order valence-electron chi connectivity index (χ4n) is 2.80. The summed E-state index contributed by atoms with van der Waals surface area (Å²) in [4.78, 5) is 0. The van der Waals surface area contributed by atoms with Crippen LogP contribution in [-0.4, -0.2) is 92.2 Å². The Kier molecular flexibility index (Phi) is 16.3. The van der Waals surface area contributed by atoms with E-state index < -0.39 is 0 Å². The molecular formula is C23H38O8. The quantitative estimate of drug-likeness (QED) is 0.286. The Bertz CT molecular complexity index is 496. The first-order valence-electron chi connectivity index (χ1n) is 11.2. The zero-order chi connectivity index (χ0) is 21.7. The maximum atomic E-state index is 5.59. The SMILES string of the molecule is c1ccc(OCCOCCOCCOCCOCCOCCOC2CCCCO2)cc1. The van der Waals surface area contributed by atoms with Gasteiger partial charge in [0.1, 0.15) is 12.4 Å². The van der Waals surface area contributed by atoms with E-state index in [2.05, 4.69) is 0 Å². The summed E-state index contributed by atoms with van der Waals surface area (Å²) >= 11 is 0. The summed E-state index contributed by atoms with van der Waals surface area (Å²) in [6, 6.07) is 9.69. The Morgan fingerprint density at radius 3 is 1.65 bits per heavy atom.